The molecule has 0 aliphatic rings. The Labute approximate surface area is 189 Å². The number of aliphatic hydroxyl groups is 1. The number of aryl methyl sites for hydroxylation is 2. The molecule has 8 nitrogen and oxygen atoms in total. The second-order valence-electron chi connectivity index (χ2n) is 7.87. The monoisotopic (exact) mass is 490 g/mol. The highest BCUT2D eigenvalue weighted by Crippen LogP contribution is 2.31. The summed E-state index contributed by atoms with van der Waals surface area (Å²) >= 11 is 5.95. The molecule has 0 unspecified atom stereocenters. The summed E-state index contributed by atoms with van der Waals surface area (Å²) in [5, 5.41) is 13.0. The lowest BCUT2D eigenvalue weighted by Crippen LogP contribution is -2.42. The van der Waals surface area contributed by atoms with Gasteiger partial charge < -0.3 is 15.2 Å². The smallest absolute Gasteiger partial charge is 0.403 e. The minimum Gasteiger partial charge on any atom is -0.403 e. The number of nitrogens with one attached hydrogen (secondary N) is 1. The Morgan fingerprint density at radius 2 is 1.94 bits per heavy atom. The summed E-state index contributed by atoms with van der Waals surface area (Å²) in [6, 6.07) is 1.30. The molecule has 0 aliphatic carbocycles. The highest BCUT2D eigenvalue weighted by Gasteiger charge is 2.35. The minimum absolute atomic E-state index is 0.00324. The standard InChI is InChI=1S/C20H19ClF4N4O4/c1-9-14(21)18(31)29-16(26-9)11(8-28(29)4)17(30)27-15(19(2,3)32)10-5-6-13(12(22)7-10)33-20(23,24)25/h5-8,15,32H,1-4H3,(H,27,30)/t15-/m0/s1. The maximum atomic E-state index is 14.2. The fourth-order valence-electron chi connectivity index (χ4n) is 3.31. The molecule has 3 aromatic rings. The number of ether oxygens (including phenoxy) is 1. The van der Waals surface area contributed by atoms with Gasteiger partial charge in [-0.3, -0.25) is 14.3 Å². The molecule has 2 heterocycles. The number of aromatic nitrogens is 3. The van der Waals surface area contributed by atoms with Gasteiger partial charge in [-0.2, -0.15) is 4.52 Å². The molecule has 0 fully saturated rings. The average molecular weight is 491 g/mol. The second kappa shape index (κ2) is 8.34. The van der Waals surface area contributed by atoms with Gasteiger partial charge in [0.05, 0.1) is 17.3 Å². The highest BCUT2D eigenvalue weighted by atomic mass is 35.5. The Morgan fingerprint density at radius 3 is 2.48 bits per heavy atom. The fourth-order valence-corrected chi connectivity index (χ4v) is 3.43. The van der Waals surface area contributed by atoms with E-state index in [1.165, 1.54) is 38.7 Å². The number of benzene rings is 1. The molecule has 2 aromatic heterocycles. The molecule has 178 valence electrons. The van der Waals surface area contributed by atoms with Crippen LogP contribution in [-0.2, 0) is 7.05 Å². The first-order valence-corrected chi connectivity index (χ1v) is 9.81. The van der Waals surface area contributed by atoms with Crippen molar-refractivity contribution in [1.29, 1.82) is 0 Å². The minimum atomic E-state index is -5.09. The summed E-state index contributed by atoms with van der Waals surface area (Å²) in [5.41, 5.74) is -2.13. The van der Waals surface area contributed by atoms with E-state index in [-0.39, 0.29) is 27.5 Å². The number of hydrogen-bond acceptors (Lipinski definition) is 5. The van der Waals surface area contributed by atoms with Crippen LogP contribution in [-0.4, -0.2) is 37.2 Å². The molecule has 0 aliphatic heterocycles. The number of fused-ring (bicyclic) bond motifs is 1. The van der Waals surface area contributed by atoms with Gasteiger partial charge in [0.25, 0.3) is 11.5 Å². The van der Waals surface area contributed by atoms with Crippen LogP contribution in [0.1, 0.15) is 41.5 Å². The van der Waals surface area contributed by atoms with Crippen molar-refractivity contribution in [2.45, 2.75) is 38.8 Å². The van der Waals surface area contributed by atoms with Crippen molar-refractivity contribution in [2.75, 3.05) is 0 Å². The molecular weight excluding hydrogens is 472 g/mol. The molecule has 2 N–H and O–H groups in total. The first kappa shape index (κ1) is 24.5. The number of nitrogens with zero attached hydrogens (tertiary/aromatic N) is 3. The zero-order valence-electron chi connectivity index (χ0n) is 17.8. The van der Waals surface area contributed by atoms with E-state index in [0.29, 0.717) is 0 Å². The zero-order valence-corrected chi connectivity index (χ0v) is 18.5. The lowest BCUT2D eigenvalue weighted by atomic mass is 9.91. The molecule has 13 heteroatoms. The molecule has 1 atom stereocenters. The molecule has 0 saturated heterocycles. The van der Waals surface area contributed by atoms with Gasteiger partial charge in [-0.1, -0.05) is 17.7 Å². The molecule has 0 saturated carbocycles. The van der Waals surface area contributed by atoms with Gasteiger partial charge in [-0.05, 0) is 38.5 Å². The molecule has 0 bridgehead atoms. The van der Waals surface area contributed by atoms with Crippen molar-refractivity contribution in [3.63, 3.8) is 0 Å². The van der Waals surface area contributed by atoms with Crippen molar-refractivity contribution in [3.8, 4) is 5.75 Å². The fraction of sp³-hybridized carbons (Fsp3) is 0.350. The molecule has 33 heavy (non-hydrogen) atoms. The van der Waals surface area contributed by atoms with Crippen LogP contribution in [0.15, 0.2) is 29.2 Å². The number of halogens is 5. The predicted molar refractivity (Wildman–Crippen MR) is 110 cm³/mol. The number of hydrogen-bond donors (Lipinski definition) is 2. The van der Waals surface area contributed by atoms with E-state index < -0.39 is 41.0 Å². The highest BCUT2D eigenvalue weighted by molar-refractivity contribution is 6.31. The van der Waals surface area contributed by atoms with Crippen molar-refractivity contribution in [2.24, 2.45) is 7.05 Å². The van der Waals surface area contributed by atoms with Gasteiger partial charge in [-0.15, -0.1) is 13.2 Å². The quantitative estimate of drug-likeness (QED) is 0.535. The van der Waals surface area contributed by atoms with E-state index in [2.05, 4.69) is 15.0 Å². The van der Waals surface area contributed by atoms with Crippen molar-refractivity contribution >= 4 is 23.2 Å². The molecule has 1 amide bonds. The van der Waals surface area contributed by atoms with Crippen LogP contribution in [0.25, 0.3) is 5.65 Å². The Hall–Kier alpha value is -3.12. The van der Waals surface area contributed by atoms with Crippen LogP contribution >= 0.6 is 11.6 Å². The van der Waals surface area contributed by atoms with Gasteiger partial charge >= 0.3 is 6.36 Å². The van der Waals surface area contributed by atoms with Gasteiger partial charge in [0.15, 0.2) is 17.2 Å². The van der Waals surface area contributed by atoms with Crippen LogP contribution in [0.2, 0.25) is 5.02 Å². The maximum absolute atomic E-state index is 14.2. The number of carbonyl (C=O) groups is 1. The van der Waals surface area contributed by atoms with Crippen LogP contribution in [0, 0.1) is 12.7 Å². The van der Waals surface area contributed by atoms with Gasteiger partial charge in [0.2, 0.25) is 0 Å². The third-order valence-electron chi connectivity index (χ3n) is 4.79. The largest absolute Gasteiger partial charge is 0.573 e. The Morgan fingerprint density at radius 1 is 1.30 bits per heavy atom. The third-order valence-corrected chi connectivity index (χ3v) is 5.22. The van der Waals surface area contributed by atoms with Crippen LogP contribution in [0.3, 0.4) is 0 Å². The van der Waals surface area contributed by atoms with Crippen molar-refractivity contribution < 1.29 is 32.2 Å². The summed E-state index contributed by atoms with van der Waals surface area (Å²) in [6.07, 6.45) is -3.77. The summed E-state index contributed by atoms with van der Waals surface area (Å²) in [5.74, 6) is -3.17. The van der Waals surface area contributed by atoms with Gasteiger partial charge in [-0.25, -0.2) is 9.37 Å². The van der Waals surface area contributed by atoms with Gasteiger partial charge in [0.1, 0.15) is 10.6 Å². The Balaban J connectivity index is 2.01. The first-order chi connectivity index (χ1) is 15.1. The van der Waals surface area contributed by atoms with E-state index >= 15 is 0 Å². The Bertz CT molecular complexity index is 1290. The zero-order chi connectivity index (χ0) is 24.9. The number of alkyl halides is 3. The van der Waals surface area contributed by atoms with Crippen LogP contribution in [0.4, 0.5) is 17.6 Å². The molecule has 0 radical (unpaired) electrons. The third kappa shape index (κ3) is 4.96. The molecule has 3 rings (SSSR count). The summed E-state index contributed by atoms with van der Waals surface area (Å²) < 4.78 is 57.5. The van der Waals surface area contributed by atoms with E-state index in [4.69, 9.17) is 11.6 Å². The van der Waals surface area contributed by atoms with Crippen molar-refractivity contribution in [3.05, 3.63) is 62.4 Å². The van der Waals surface area contributed by atoms with E-state index in [1.807, 2.05) is 0 Å². The summed E-state index contributed by atoms with van der Waals surface area (Å²) in [7, 11) is 1.49. The van der Waals surface area contributed by atoms with Gasteiger partial charge in [0, 0.05) is 13.2 Å². The second-order valence-corrected chi connectivity index (χ2v) is 8.24. The molecule has 1 aromatic carbocycles. The Kier molecular flexibility index (Phi) is 6.20. The lowest BCUT2D eigenvalue weighted by Gasteiger charge is -2.30. The summed E-state index contributed by atoms with van der Waals surface area (Å²) in [6.45, 7) is 4.14. The van der Waals surface area contributed by atoms with E-state index in [0.717, 1.165) is 22.7 Å². The maximum Gasteiger partial charge on any atom is 0.573 e. The molecule has 0 spiro atoms. The normalized spacial score (nSPS) is 13.3. The molecular formula is C20H19ClF4N4O4. The van der Waals surface area contributed by atoms with Crippen LogP contribution in [0.5, 0.6) is 5.75 Å². The van der Waals surface area contributed by atoms with Crippen LogP contribution < -0.4 is 15.6 Å². The van der Waals surface area contributed by atoms with E-state index in [1.54, 1.807) is 0 Å². The average Bonchev–Trinajstić information content (AvgIpc) is 3.00. The topological polar surface area (TPSA) is 97.9 Å². The number of carbonyl (C=O) groups excluding carboxylic acids is 1. The van der Waals surface area contributed by atoms with Crippen molar-refractivity contribution in [1.82, 2.24) is 19.5 Å². The van der Waals surface area contributed by atoms with E-state index in [9.17, 15) is 32.3 Å². The summed E-state index contributed by atoms with van der Waals surface area (Å²) in [4.78, 5) is 29.7. The number of amides is 1. The first-order valence-electron chi connectivity index (χ1n) is 9.43. The number of rotatable bonds is 5. The SMILES string of the molecule is Cc1nc2c(C(=O)N[C@@H](c3ccc(OC(F)(F)F)c(F)c3)C(C)(C)O)cn(C)n2c(=O)c1Cl. The predicted octanol–water partition coefficient (Wildman–Crippen LogP) is 3.27. The lowest BCUT2D eigenvalue weighted by molar-refractivity contribution is -0.275.